The van der Waals surface area contributed by atoms with Gasteiger partial charge in [0.2, 0.25) is 5.91 Å². The predicted octanol–water partition coefficient (Wildman–Crippen LogP) is 2.59. The van der Waals surface area contributed by atoms with Gasteiger partial charge in [0.25, 0.3) is 0 Å². The van der Waals surface area contributed by atoms with E-state index in [1.54, 1.807) is 6.07 Å². The third-order valence-electron chi connectivity index (χ3n) is 6.51. The highest BCUT2D eigenvalue weighted by molar-refractivity contribution is 5.80. The lowest BCUT2D eigenvalue weighted by atomic mass is 10.0. The van der Waals surface area contributed by atoms with Gasteiger partial charge in [0, 0.05) is 19.1 Å². The Balaban J connectivity index is 1.47. The summed E-state index contributed by atoms with van der Waals surface area (Å²) in [6.45, 7) is 5.03. The molecular formula is C26H32N4O3. The number of hydrogen-bond acceptors (Lipinski definition) is 4. The monoisotopic (exact) mass is 448 g/mol. The number of piperidine rings is 1. The predicted molar refractivity (Wildman–Crippen MR) is 131 cm³/mol. The first-order valence-corrected chi connectivity index (χ1v) is 11.8. The maximum Gasteiger partial charge on any atom is 0.317 e. The van der Waals surface area contributed by atoms with Gasteiger partial charge in [-0.1, -0.05) is 48.9 Å². The Labute approximate surface area is 193 Å². The van der Waals surface area contributed by atoms with Crippen LogP contribution in [0.2, 0.25) is 0 Å². The van der Waals surface area contributed by atoms with E-state index in [-0.39, 0.29) is 12.5 Å². The molecule has 4 rings (SSSR count). The molecule has 1 aliphatic rings. The number of hydrogen-bond donors (Lipinski definition) is 1. The Bertz CT molecular complexity index is 1220. The van der Waals surface area contributed by atoms with E-state index in [0.717, 1.165) is 25.1 Å². The zero-order valence-electron chi connectivity index (χ0n) is 19.2. The molecule has 1 aliphatic heterocycles. The van der Waals surface area contributed by atoms with Crippen LogP contribution in [0.3, 0.4) is 0 Å². The maximum absolute atomic E-state index is 12.9. The lowest BCUT2D eigenvalue weighted by Gasteiger charge is -2.33. The Morgan fingerprint density at radius 1 is 0.939 bits per heavy atom. The summed E-state index contributed by atoms with van der Waals surface area (Å²) in [7, 11) is 0. The fourth-order valence-electron chi connectivity index (χ4n) is 4.65. The van der Waals surface area contributed by atoms with Crippen molar-refractivity contribution in [2.45, 2.75) is 51.7 Å². The van der Waals surface area contributed by atoms with Crippen molar-refractivity contribution >= 4 is 16.9 Å². The van der Waals surface area contributed by atoms with Crippen molar-refractivity contribution in [1.82, 2.24) is 19.4 Å². The first kappa shape index (κ1) is 23.0. The summed E-state index contributed by atoms with van der Waals surface area (Å²) >= 11 is 0. The van der Waals surface area contributed by atoms with Gasteiger partial charge in [-0.15, -0.1) is 0 Å². The molecule has 1 N–H and O–H groups in total. The van der Waals surface area contributed by atoms with Crippen LogP contribution in [0.5, 0.6) is 0 Å². The van der Waals surface area contributed by atoms with Crippen molar-refractivity contribution in [3.63, 3.8) is 0 Å². The van der Waals surface area contributed by atoms with Crippen LogP contribution in [-0.4, -0.2) is 45.6 Å². The number of fused-ring (bicyclic) bond motifs is 1. The summed E-state index contributed by atoms with van der Waals surface area (Å²) in [6.07, 6.45) is 4.63. The molecule has 0 saturated carbocycles. The Morgan fingerprint density at radius 2 is 1.61 bits per heavy atom. The van der Waals surface area contributed by atoms with E-state index in [0.29, 0.717) is 30.2 Å². The normalized spacial score (nSPS) is 16.7. The molecule has 1 fully saturated rings. The van der Waals surface area contributed by atoms with Gasteiger partial charge in [-0.25, -0.2) is 0 Å². The van der Waals surface area contributed by atoms with E-state index in [4.69, 9.17) is 0 Å². The van der Waals surface area contributed by atoms with Crippen LogP contribution >= 0.6 is 0 Å². The van der Waals surface area contributed by atoms with Crippen molar-refractivity contribution in [1.29, 1.82) is 0 Å². The fourth-order valence-corrected chi connectivity index (χ4v) is 4.65. The van der Waals surface area contributed by atoms with Crippen molar-refractivity contribution in [3.05, 3.63) is 80.9 Å². The van der Waals surface area contributed by atoms with Gasteiger partial charge < -0.3 is 10.2 Å². The van der Waals surface area contributed by atoms with Crippen molar-refractivity contribution in [2.24, 2.45) is 0 Å². The molecular weight excluding hydrogens is 416 g/mol. The average molecular weight is 449 g/mol. The average Bonchev–Trinajstić information content (AvgIpc) is 2.84. The largest absolute Gasteiger partial charge is 0.355 e. The number of amides is 1. The number of carbonyl (C=O) groups is 1. The number of carbonyl (C=O) groups excluding carboxylic acids is 1. The van der Waals surface area contributed by atoms with Crippen LogP contribution in [0, 0.1) is 0 Å². The van der Waals surface area contributed by atoms with Gasteiger partial charge in [0.1, 0.15) is 6.54 Å². The molecule has 0 spiro atoms. The van der Waals surface area contributed by atoms with Crippen molar-refractivity contribution < 1.29 is 4.79 Å². The van der Waals surface area contributed by atoms with E-state index in [2.05, 4.69) is 17.1 Å². The van der Waals surface area contributed by atoms with Crippen LogP contribution in [-0.2, 0) is 17.9 Å². The molecule has 1 atom stereocenters. The summed E-state index contributed by atoms with van der Waals surface area (Å²) in [6, 6.07) is 17.4. The lowest BCUT2D eigenvalue weighted by molar-refractivity contribution is -0.121. The summed E-state index contributed by atoms with van der Waals surface area (Å²) < 4.78 is 2.78. The molecule has 0 unspecified atom stereocenters. The molecule has 0 aliphatic carbocycles. The molecule has 1 aromatic heterocycles. The Hall–Kier alpha value is -3.19. The fraction of sp³-hybridized carbons (Fsp3) is 0.423. The summed E-state index contributed by atoms with van der Waals surface area (Å²) in [5, 5.41) is 2.92. The maximum atomic E-state index is 12.9. The smallest absolute Gasteiger partial charge is 0.317 e. The molecule has 3 aromatic rings. The third-order valence-corrected chi connectivity index (χ3v) is 6.51. The second-order valence-corrected chi connectivity index (χ2v) is 8.84. The zero-order chi connectivity index (χ0) is 23.2. The molecule has 7 nitrogen and oxygen atoms in total. The first-order valence-electron chi connectivity index (χ1n) is 11.8. The topological polar surface area (TPSA) is 76.3 Å². The molecule has 0 bridgehead atoms. The number of aromatic nitrogens is 2. The van der Waals surface area contributed by atoms with Gasteiger partial charge in [0.15, 0.2) is 0 Å². The number of likely N-dealkylation sites (tertiary alicyclic amines) is 1. The Morgan fingerprint density at radius 3 is 2.33 bits per heavy atom. The van der Waals surface area contributed by atoms with Crippen molar-refractivity contribution in [3.8, 4) is 0 Å². The first-order chi connectivity index (χ1) is 16.0. The summed E-state index contributed by atoms with van der Waals surface area (Å²) in [5.41, 5.74) is 0.849. The molecule has 0 radical (unpaired) electrons. The van der Waals surface area contributed by atoms with E-state index in [1.165, 1.54) is 28.4 Å². The lowest BCUT2D eigenvalue weighted by Crippen LogP contribution is -2.44. The van der Waals surface area contributed by atoms with Crippen molar-refractivity contribution in [2.75, 3.05) is 19.6 Å². The summed E-state index contributed by atoms with van der Waals surface area (Å²) in [4.78, 5) is 41.0. The highest BCUT2D eigenvalue weighted by atomic mass is 16.2. The minimum atomic E-state index is -0.679. The second kappa shape index (κ2) is 10.6. The number of nitrogens with zero attached hydrogens (tertiary/aromatic N) is 3. The highest BCUT2D eigenvalue weighted by Crippen LogP contribution is 2.16. The minimum absolute atomic E-state index is 0.166. The molecule has 1 saturated heterocycles. The summed E-state index contributed by atoms with van der Waals surface area (Å²) in [5.74, 6) is -0.255. The molecule has 2 heterocycles. The number of nitrogens with one attached hydrogen (secondary N) is 1. The molecule has 1 amide bonds. The van der Waals surface area contributed by atoms with Gasteiger partial charge in [-0.3, -0.25) is 23.5 Å². The van der Waals surface area contributed by atoms with Crippen LogP contribution in [0.25, 0.3) is 11.0 Å². The zero-order valence-corrected chi connectivity index (χ0v) is 19.2. The minimum Gasteiger partial charge on any atom is -0.355 e. The second-order valence-electron chi connectivity index (χ2n) is 8.84. The molecule has 2 aromatic carbocycles. The van der Waals surface area contributed by atoms with Gasteiger partial charge in [0.05, 0.1) is 17.6 Å². The van der Waals surface area contributed by atoms with Crippen LogP contribution in [0.15, 0.2) is 64.2 Å². The Kier molecular flexibility index (Phi) is 7.40. The highest BCUT2D eigenvalue weighted by Gasteiger charge is 2.18. The SMILES string of the molecule is C[C@@H]1CCCCN1CCCNC(=O)Cn1c(=O)c(=O)n(Cc2ccccc2)c2ccccc21. The van der Waals surface area contributed by atoms with E-state index in [9.17, 15) is 14.4 Å². The van der Waals surface area contributed by atoms with E-state index < -0.39 is 11.1 Å². The molecule has 7 heteroatoms. The number of para-hydroxylation sites is 2. The quantitative estimate of drug-likeness (QED) is 0.425. The number of benzene rings is 2. The third kappa shape index (κ3) is 5.42. The van der Waals surface area contributed by atoms with Gasteiger partial charge >= 0.3 is 11.1 Å². The van der Waals surface area contributed by atoms with E-state index >= 15 is 0 Å². The van der Waals surface area contributed by atoms with Crippen LogP contribution in [0.4, 0.5) is 0 Å². The van der Waals surface area contributed by atoms with Crippen LogP contribution < -0.4 is 16.4 Å². The molecule has 174 valence electrons. The van der Waals surface area contributed by atoms with Gasteiger partial charge in [-0.05, 0) is 50.4 Å². The number of rotatable bonds is 8. The van der Waals surface area contributed by atoms with E-state index in [1.807, 2.05) is 48.5 Å². The standard InChI is InChI=1S/C26H32N4O3/c1-20-10-7-8-16-28(20)17-9-15-27-24(31)19-30-23-14-6-5-13-22(23)29(25(32)26(30)33)18-21-11-3-2-4-12-21/h2-6,11-14,20H,7-10,15-19H2,1H3,(H,27,31)/t20-/m1/s1. The van der Waals surface area contributed by atoms with Gasteiger partial charge in [-0.2, -0.15) is 0 Å². The molecule has 33 heavy (non-hydrogen) atoms. The van der Waals surface area contributed by atoms with Crippen LogP contribution in [0.1, 0.15) is 38.2 Å².